The second-order valence-corrected chi connectivity index (χ2v) is 8.90. The lowest BCUT2D eigenvalue weighted by Crippen LogP contribution is -2.55. The molecule has 6 nitrogen and oxygen atoms in total. The molecule has 1 aliphatic carbocycles. The van der Waals surface area contributed by atoms with Gasteiger partial charge >= 0.3 is 0 Å². The maximum Gasteiger partial charge on any atom is 0.236 e. The van der Waals surface area contributed by atoms with E-state index < -0.39 is 0 Å². The molecule has 8 heteroatoms. The summed E-state index contributed by atoms with van der Waals surface area (Å²) in [5.74, 6) is 1.01. The molecule has 1 N–H and O–H groups in total. The number of benzene rings is 1. The maximum atomic E-state index is 13.6. The van der Waals surface area contributed by atoms with Gasteiger partial charge in [-0.15, -0.1) is 24.0 Å². The van der Waals surface area contributed by atoms with Crippen LogP contribution in [0.5, 0.6) is 0 Å². The molecule has 1 saturated carbocycles. The average molecular weight is 543 g/mol. The second-order valence-electron chi connectivity index (χ2n) is 8.90. The van der Waals surface area contributed by atoms with Crippen LogP contribution in [0.4, 0.5) is 4.39 Å². The van der Waals surface area contributed by atoms with Crippen LogP contribution in [0.1, 0.15) is 37.7 Å². The van der Waals surface area contributed by atoms with Crippen molar-refractivity contribution < 1.29 is 9.18 Å². The molecule has 1 aromatic rings. The summed E-state index contributed by atoms with van der Waals surface area (Å²) in [6.45, 7) is 6.61. The molecule has 3 aliphatic rings. The van der Waals surface area contributed by atoms with E-state index in [1.165, 1.54) is 12.5 Å². The lowest BCUT2D eigenvalue weighted by molar-refractivity contribution is -0.133. The Balaban J connectivity index is 0.00000272. The molecule has 0 radical (unpaired) electrons. The van der Waals surface area contributed by atoms with E-state index >= 15 is 0 Å². The van der Waals surface area contributed by atoms with Crippen molar-refractivity contribution in [3.63, 3.8) is 0 Å². The number of halogens is 2. The average Bonchev–Trinajstić information content (AvgIpc) is 3.57. The van der Waals surface area contributed by atoms with Crippen LogP contribution in [0, 0.1) is 5.82 Å². The van der Waals surface area contributed by atoms with E-state index in [0.717, 1.165) is 83.0 Å². The Labute approximate surface area is 202 Å². The van der Waals surface area contributed by atoms with Gasteiger partial charge in [-0.1, -0.05) is 12.1 Å². The zero-order valence-electron chi connectivity index (χ0n) is 18.5. The Hall–Kier alpha value is -1.42. The van der Waals surface area contributed by atoms with E-state index in [4.69, 9.17) is 0 Å². The number of carbonyl (C=O) groups is 1. The molecule has 0 unspecified atom stereocenters. The number of aliphatic imine (C=N–C) groups is 1. The fourth-order valence-corrected chi connectivity index (χ4v) is 4.67. The Kier molecular flexibility index (Phi) is 8.55. The molecule has 31 heavy (non-hydrogen) atoms. The van der Waals surface area contributed by atoms with Gasteiger partial charge in [-0.2, -0.15) is 0 Å². The first-order chi connectivity index (χ1) is 14.6. The van der Waals surface area contributed by atoms with Crippen molar-refractivity contribution in [1.82, 2.24) is 20.0 Å². The number of nitrogens with one attached hydrogen (secondary N) is 1. The van der Waals surface area contributed by atoms with E-state index in [1.807, 2.05) is 18.0 Å². The van der Waals surface area contributed by atoms with Crippen molar-refractivity contribution in [3.05, 3.63) is 35.6 Å². The van der Waals surface area contributed by atoms with Gasteiger partial charge in [0.15, 0.2) is 5.96 Å². The molecule has 2 heterocycles. The second kappa shape index (κ2) is 10.9. The van der Waals surface area contributed by atoms with Crippen molar-refractivity contribution >= 4 is 35.8 Å². The molecule has 2 aliphatic heterocycles. The Morgan fingerprint density at radius 2 is 1.77 bits per heavy atom. The zero-order valence-corrected chi connectivity index (χ0v) is 20.8. The predicted molar refractivity (Wildman–Crippen MR) is 133 cm³/mol. The van der Waals surface area contributed by atoms with Gasteiger partial charge in [0.2, 0.25) is 5.91 Å². The smallest absolute Gasteiger partial charge is 0.236 e. The Morgan fingerprint density at radius 1 is 1.06 bits per heavy atom. The highest BCUT2D eigenvalue weighted by atomic mass is 127. The van der Waals surface area contributed by atoms with Gasteiger partial charge in [0.05, 0.1) is 6.54 Å². The maximum absolute atomic E-state index is 13.6. The van der Waals surface area contributed by atoms with E-state index in [1.54, 1.807) is 12.1 Å². The largest absolute Gasteiger partial charge is 0.355 e. The fraction of sp³-hybridized carbons (Fsp3) is 0.652. The quantitative estimate of drug-likeness (QED) is 0.353. The zero-order chi connectivity index (χ0) is 21.0. The third-order valence-electron chi connectivity index (χ3n) is 6.83. The molecule has 4 rings (SSSR count). The minimum atomic E-state index is -0.168. The van der Waals surface area contributed by atoms with E-state index in [9.17, 15) is 9.18 Å². The van der Waals surface area contributed by atoms with Crippen LogP contribution in [0.25, 0.3) is 0 Å². The number of rotatable bonds is 5. The summed E-state index contributed by atoms with van der Waals surface area (Å²) in [5, 5.41) is 3.53. The monoisotopic (exact) mass is 543 g/mol. The lowest BCUT2D eigenvalue weighted by atomic mass is 9.96. The highest BCUT2D eigenvalue weighted by Gasteiger charge is 2.44. The molecule has 1 aromatic carbocycles. The molecule has 0 bridgehead atoms. The van der Waals surface area contributed by atoms with Crippen LogP contribution in [0.3, 0.4) is 0 Å². The first-order valence-corrected chi connectivity index (χ1v) is 11.3. The molecule has 0 aromatic heterocycles. The summed E-state index contributed by atoms with van der Waals surface area (Å²) in [6, 6.07) is 6.99. The number of amides is 1. The van der Waals surface area contributed by atoms with Gasteiger partial charge in [0.25, 0.3) is 0 Å². The minimum absolute atomic E-state index is 0. The number of guanidine groups is 1. The minimum Gasteiger partial charge on any atom is -0.355 e. The van der Waals surface area contributed by atoms with Crippen LogP contribution in [-0.2, 0) is 10.2 Å². The summed E-state index contributed by atoms with van der Waals surface area (Å²) >= 11 is 0. The van der Waals surface area contributed by atoms with Gasteiger partial charge < -0.3 is 15.1 Å². The van der Waals surface area contributed by atoms with Gasteiger partial charge in [-0.3, -0.25) is 14.7 Å². The first-order valence-electron chi connectivity index (χ1n) is 11.3. The standard InChI is InChI=1S/C23H34FN5O.HI/c1-25-22(26-18-23(8-9-23)19-6-5-7-20(24)16-19)29-14-12-27(13-15-29)17-21(30)28-10-3-2-4-11-28;/h5-7,16H,2-4,8-15,17-18H2,1H3,(H,25,26);1H. The molecule has 0 atom stereocenters. The normalized spacial score (nSPS) is 21.4. The van der Waals surface area contributed by atoms with Crippen molar-refractivity contribution in [2.45, 2.75) is 37.5 Å². The topological polar surface area (TPSA) is 51.2 Å². The van der Waals surface area contributed by atoms with Gasteiger partial charge in [-0.05, 0) is 49.8 Å². The van der Waals surface area contributed by atoms with Gasteiger partial charge in [0, 0.05) is 58.3 Å². The molecule has 0 spiro atoms. The van der Waals surface area contributed by atoms with Crippen molar-refractivity contribution in [3.8, 4) is 0 Å². The fourth-order valence-electron chi connectivity index (χ4n) is 4.67. The lowest BCUT2D eigenvalue weighted by Gasteiger charge is -2.37. The molecule has 1 amide bonds. The van der Waals surface area contributed by atoms with E-state index in [-0.39, 0.29) is 41.1 Å². The predicted octanol–water partition coefficient (Wildman–Crippen LogP) is 2.68. The van der Waals surface area contributed by atoms with Crippen LogP contribution in [0.2, 0.25) is 0 Å². The van der Waals surface area contributed by atoms with E-state index in [2.05, 4.69) is 20.1 Å². The Morgan fingerprint density at radius 3 is 2.39 bits per heavy atom. The van der Waals surface area contributed by atoms with Crippen molar-refractivity contribution in [2.75, 3.05) is 59.4 Å². The Bertz CT molecular complexity index is 771. The van der Waals surface area contributed by atoms with Gasteiger partial charge in [0.1, 0.15) is 5.82 Å². The number of piperazine rings is 1. The molecule has 3 fully saturated rings. The molecular weight excluding hydrogens is 508 g/mol. The third kappa shape index (κ3) is 6.09. The van der Waals surface area contributed by atoms with Crippen LogP contribution in [-0.4, -0.2) is 86.0 Å². The molecular formula is C23H35FIN5O. The summed E-state index contributed by atoms with van der Waals surface area (Å²) in [5.41, 5.74) is 1.10. The number of carbonyl (C=O) groups excluding carboxylic acids is 1. The highest BCUT2D eigenvalue weighted by molar-refractivity contribution is 14.0. The van der Waals surface area contributed by atoms with Gasteiger partial charge in [-0.25, -0.2) is 4.39 Å². The number of likely N-dealkylation sites (tertiary alicyclic amines) is 1. The van der Waals surface area contributed by atoms with E-state index in [0.29, 0.717) is 6.54 Å². The molecule has 172 valence electrons. The van der Waals surface area contributed by atoms with Crippen LogP contribution >= 0.6 is 24.0 Å². The van der Waals surface area contributed by atoms with Crippen LogP contribution < -0.4 is 5.32 Å². The number of hydrogen-bond donors (Lipinski definition) is 1. The van der Waals surface area contributed by atoms with Crippen molar-refractivity contribution in [2.24, 2.45) is 4.99 Å². The number of nitrogens with zero attached hydrogens (tertiary/aromatic N) is 4. The number of hydrogen-bond acceptors (Lipinski definition) is 3. The highest BCUT2D eigenvalue weighted by Crippen LogP contribution is 2.47. The summed E-state index contributed by atoms with van der Waals surface area (Å²) in [7, 11) is 1.82. The summed E-state index contributed by atoms with van der Waals surface area (Å²) < 4.78 is 13.6. The molecule has 2 saturated heterocycles. The third-order valence-corrected chi connectivity index (χ3v) is 6.83. The SMILES string of the molecule is CN=C(NCC1(c2cccc(F)c2)CC1)N1CCN(CC(=O)N2CCCCC2)CC1.I. The summed E-state index contributed by atoms with van der Waals surface area (Å²) in [4.78, 5) is 23.6. The summed E-state index contributed by atoms with van der Waals surface area (Å²) in [6.07, 6.45) is 5.67. The van der Waals surface area contributed by atoms with Crippen LogP contribution in [0.15, 0.2) is 29.3 Å². The van der Waals surface area contributed by atoms with Crippen molar-refractivity contribution in [1.29, 1.82) is 0 Å². The number of piperidine rings is 1. The first kappa shape index (κ1) is 24.2.